The minimum atomic E-state index is -0.476. The average Bonchev–Trinajstić information content (AvgIpc) is 3.21. The number of nitrogens with zero attached hydrogens (tertiary/aromatic N) is 3. The highest BCUT2D eigenvalue weighted by molar-refractivity contribution is 5.88. The number of carbonyl (C=O) groups is 2. The SMILES string of the molecule is COC(=O)c1cncn1CC(=O)C1CN(Cc2ccccc2)CC1C. The van der Waals surface area contributed by atoms with Crippen LogP contribution in [0.1, 0.15) is 23.0 Å². The van der Waals surface area contributed by atoms with Gasteiger partial charge in [-0.3, -0.25) is 9.69 Å². The van der Waals surface area contributed by atoms with E-state index in [-0.39, 0.29) is 18.2 Å². The second-order valence-electron chi connectivity index (χ2n) is 6.63. The number of hydrogen-bond donors (Lipinski definition) is 0. The molecule has 0 saturated carbocycles. The summed E-state index contributed by atoms with van der Waals surface area (Å²) in [6, 6.07) is 10.3. The van der Waals surface area contributed by atoms with E-state index in [0.29, 0.717) is 11.6 Å². The predicted molar refractivity (Wildman–Crippen MR) is 92.9 cm³/mol. The molecule has 0 bridgehead atoms. The molecule has 2 heterocycles. The maximum atomic E-state index is 12.8. The van der Waals surface area contributed by atoms with Crippen molar-refractivity contribution in [2.45, 2.75) is 20.0 Å². The van der Waals surface area contributed by atoms with E-state index in [0.717, 1.165) is 19.6 Å². The van der Waals surface area contributed by atoms with Gasteiger partial charge in [-0.15, -0.1) is 0 Å². The number of Topliss-reactive ketones (excluding diaryl/α,β-unsaturated/α-hetero) is 1. The van der Waals surface area contributed by atoms with Crippen LogP contribution in [0.4, 0.5) is 0 Å². The van der Waals surface area contributed by atoms with Crippen LogP contribution in [-0.4, -0.2) is 46.4 Å². The van der Waals surface area contributed by atoms with Gasteiger partial charge < -0.3 is 9.30 Å². The van der Waals surface area contributed by atoms with Crippen molar-refractivity contribution in [1.29, 1.82) is 0 Å². The highest BCUT2D eigenvalue weighted by Gasteiger charge is 2.34. The molecule has 6 heteroatoms. The molecular formula is C19H23N3O3. The van der Waals surface area contributed by atoms with Gasteiger partial charge in [0.05, 0.1) is 26.2 Å². The van der Waals surface area contributed by atoms with E-state index in [1.807, 2.05) is 18.2 Å². The smallest absolute Gasteiger partial charge is 0.356 e. The fourth-order valence-electron chi connectivity index (χ4n) is 3.46. The van der Waals surface area contributed by atoms with Crippen molar-refractivity contribution in [1.82, 2.24) is 14.5 Å². The van der Waals surface area contributed by atoms with Crippen molar-refractivity contribution < 1.29 is 14.3 Å². The van der Waals surface area contributed by atoms with E-state index in [2.05, 4.69) is 28.9 Å². The van der Waals surface area contributed by atoms with Gasteiger partial charge in [-0.2, -0.15) is 0 Å². The average molecular weight is 341 g/mol. The zero-order valence-corrected chi connectivity index (χ0v) is 14.6. The molecule has 25 heavy (non-hydrogen) atoms. The standard InChI is InChI=1S/C19H23N3O3/c1-14-9-21(10-15-6-4-3-5-7-15)11-16(14)18(23)12-22-13-20-8-17(22)19(24)25-2/h3-8,13-14,16H,9-12H2,1-2H3. The van der Waals surface area contributed by atoms with Gasteiger partial charge in [0.1, 0.15) is 5.69 Å². The van der Waals surface area contributed by atoms with Gasteiger partial charge in [-0.05, 0) is 11.5 Å². The fraction of sp³-hybridized carbons (Fsp3) is 0.421. The number of ether oxygens (including phenoxy) is 1. The normalized spacial score (nSPS) is 20.6. The summed E-state index contributed by atoms with van der Waals surface area (Å²) < 4.78 is 6.30. The molecule has 0 radical (unpaired) electrons. The summed E-state index contributed by atoms with van der Waals surface area (Å²) in [6.07, 6.45) is 2.93. The van der Waals surface area contributed by atoms with Gasteiger partial charge >= 0.3 is 5.97 Å². The van der Waals surface area contributed by atoms with Gasteiger partial charge in [-0.25, -0.2) is 9.78 Å². The van der Waals surface area contributed by atoms with Crippen molar-refractivity contribution in [3.8, 4) is 0 Å². The third-order valence-electron chi connectivity index (χ3n) is 4.78. The second-order valence-corrected chi connectivity index (χ2v) is 6.63. The Balaban J connectivity index is 1.63. The van der Waals surface area contributed by atoms with Gasteiger partial charge in [0.2, 0.25) is 0 Å². The third kappa shape index (κ3) is 3.96. The van der Waals surface area contributed by atoms with E-state index in [1.54, 1.807) is 4.57 Å². The van der Waals surface area contributed by atoms with Crippen LogP contribution < -0.4 is 0 Å². The number of carbonyl (C=O) groups excluding carboxylic acids is 2. The molecule has 1 saturated heterocycles. The number of imidazole rings is 1. The Morgan fingerprint density at radius 3 is 2.72 bits per heavy atom. The Labute approximate surface area is 147 Å². The first-order chi connectivity index (χ1) is 12.1. The molecule has 1 aromatic carbocycles. The number of rotatable bonds is 6. The summed E-state index contributed by atoms with van der Waals surface area (Å²) in [5, 5.41) is 0. The molecule has 2 atom stereocenters. The first kappa shape index (κ1) is 17.4. The van der Waals surface area contributed by atoms with E-state index >= 15 is 0 Å². The summed E-state index contributed by atoms with van der Waals surface area (Å²) in [5.74, 6) is -0.0837. The molecule has 6 nitrogen and oxygen atoms in total. The van der Waals surface area contributed by atoms with Crippen molar-refractivity contribution in [2.24, 2.45) is 11.8 Å². The number of hydrogen-bond acceptors (Lipinski definition) is 5. The molecular weight excluding hydrogens is 318 g/mol. The van der Waals surface area contributed by atoms with Crippen LogP contribution in [0.15, 0.2) is 42.9 Å². The number of esters is 1. The zero-order valence-electron chi connectivity index (χ0n) is 14.6. The minimum Gasteiger partial charge on any atom is -0.464 e. The lowest BCUT2D eigenvalue weighted by molar-refractivity contribution is -0.124. The van der Waals surface area contributed by atoms with Crippen molar-refractivity contribution in [3.63, 3.8) is 0 Å². The van der Waals surface area contributed by atoms with Gasteiger partial charge in [0.15, 0.2) is 5.78 Å². The van der Waals surface area contributed by atoms with Crippen LogP contribution in [-0.2, 0) is 22.6 Å². The molecule has 0 N–H and O–H groups in total. The molecule has 0 amide bonds. The summed E-state index contributed by atoms with van der Waals surface area (Å²) in [7, 11) is 1.32. The van der Waals surface area contributed by atoms with Crippen LogP contribution in [0, 0.1) is 11.8 Å². The summed E-state index contributed by atoms with van der Waals surface area (Å²) >= 11 is 0. The van der Waals surface area contributed by atoms with Crippen molar-refractivity contribution >= 4 is 11.8 Å². The molecule has 1 aromatic heterocycles. The Bertz CT molecular complexity index is 741. The van der Waals surface area contributed by atoms with Gasteiger partial charge in [0, 0.05) is 25.6 Å². The summed E-state index contributed by atoms with van der Waals surface area (Å²) in [4.78, 5) is 30.7. The molecule has 0 aliphatic carbocycles. The quantitative estimate of drug-likeness (QED) is 0.752. The Morgan fingerprint density at radius 1 is 1.24 bits per heavy atom. The van der Waals surface area contributed by atoms with E-state index in [1.165, 1.54) is 25.2 Å². The summed E-state index contributed by atoms with van der Waals surface area (Å²) in [6.45, 7) is 4.77. The number of methoxy groups -OCH3 is 1. The van der Waals surface area contributed by atoms with Gasteiger partial charge in [0.25, 0.3) is 0 Å². The molecule has 1 aliphatic rings. The monoisotopic (exact) mass is 341 g/mol. The first-order valence-corrected chi connectivity index (χ1v) is 8.46. The number of benzene rings is 1. The van der Waals surface area contributed by atoms with Crippen LogP contribution >= 0.6 is 0 Å². The van der Waals surface area contributed by atoms with Crippen LogP contribution in [0.5, 0.6) is 0 Å². The first-order valence-electron chi connectivity index (χ1n) is 8.46. The second kappa shape index (κ2) is 7.61. The largest absolute Gasteiger partial charge is 0.464 e. The van der Waals surface area contributed by atoms with E-state index in [9.17, 15) is 9.59 Å². The van der Waals surface area contributed by atoms with Gasteiger partial charge in [-0.1, -0.05) is 37.3 Å². The molecule has 3 rings (SSSR count). The fourth-order valence-corrected chi connectivity index (χ4v) is 3.46. The summed E-state index contributed by atoms with van der Waals surface area (Å²) in [5.41, 5.74) is 1.56. The highest BCUT2D eigenvalue weighted by Crippen LogP contribution is 2.26. The molecule has 1 aliphatic heterocycles. The van der Waals surface area contributed by atoms with Crippen molar-refractivity contribution in [3.05, 3.63) is 54.1 Å². The van der Waals surface area contributed by atoms with Crippen LogP contribution in [0.2, 0.25) is 0 Å². The zero-order chi connectivity index (χ0) is 17.8. The molecule has 2 aromatic rings. The third-order valence-corrected chi connectivity index (χ3v) is 4.78. The van der Waals surface area contributed by atoms with E-state index in [4.69, 9.17) is 4.74 Å². The molecule has 1 fully saturated rings. The highest BCUT2D eigenvalue weighted by atomic mass is 16.5. The van der Waals surface area contributed by atoms with Crippen molar-refractivity contribution in [2.75, 3.05) is 20.2 Å². The molecule has 2 unspecified atom stereocenters. The molecule has 0 spiro atoms. The number of ketones is 1. The lowest BCUT2D eigenvalue weighted by Crippen LogP contribution is -2.27. The van der Waals surface area contributed by atoms with Crippen LogP contribution in [0.25, 0.3) is 0 Å². The minimum absolute atomic E-state index is 0.0309. The molecule has 132 valence electrons. The van der Waals surface area contributed by atoms with Crippen LogP contribution in [0.3, 0.4) is 0 Å². The topological polar surface area (TPSA) is 64.4 Å². The Kier molecular flexibility index (Phi) is 5.28. The maximum Gasteiger partial charge on any atom is 0.356 e. The number of aromatic nitrogens is 2. The Morgan fingerprint density at radius 2 is 2.00 bits per heavy atom. The maximum absolute atomic E-state index is 12.8. The Hall–Kier alpha value is -2.47. The lowest BCUT2D eigenvalue weighted by atomic mass is 9.93. The van der Waals surface area contributed by atoms with E-state index < -0.39 is 5.97 Å². The lowest BCUT2D eigenvalue weighted by Gasteiger charge is -2.16. The predicted octanol–water partition coefficient (Wildman–Crippen LogP) is 2.01. The number of likely N-dealkylation sites (tertiary alicyclic amines) is 1.